The highest BCUT2D eigenvalue weighted by atomic mass is 16.3. The Morgan fingerprint density at radius 2 is 1.92 bits per heavy atom. The largest absolute Gasteiger partial charge is 0.393 e. The van der Waals surface area contributed by atoms with Gasteiger partial charge in [0.05, 0.1) is 6.10 Å². The van der Waals surface area contributed by atoms with Crippen LogP contribution in [0.4, 0.5) is 0 Å². The average molecular weight is 181 g/mol. The van der Waals surface area contributed by atoms with Gasteiger partial charge in [-0.3, -0.25) is 4.79 Å². The number of carbonyl (C=O) groups is 1. The van der Waals surface area contributed by atoms with Crippen LogP contribution in [0.3, 0.4) is 0 Å². The Hall–Kier alpha value is -0.830. The summed E-state index contributed by atoms with van der Waals surface area (Å²) in [6.07, 6.45) is 4.75. The molecule has 0 aliphatic carbocycles. The lowest BCUT2D eigenvalue weighted by Gasteiger charge is -2.36. The Bertz CT molecular complexity index is 225. The van der Waals surface area contributed by atoms with Crippen LogP contribution in [0.1, 0.15) is 25.7 Å². The lowest BCUT2D eigenvalue weighted by atomic mass is 10.00. The van der Waals surface area contributed by atoms with Crippen molar-refractivity contribution in [3.8, 4) is 0 Å². The fraction of sp³-hybridized carbons (Fsp3) is 0.700. The highest BCUT2D eigenvalue weighted by molar-refractivity contribution is 5.87. The lowest BCUT2D eigenvalue weighted by Crippen LogP contribution is -2.47. The first-order chi connectivity index (χ1) is 6.22. The van der Waals surface area contributed by atoms with Crippen LogP contribution in [-0.2, 0) is 4.79 Å². The van der Waals surface area contributed by atoms with Gasteiger partial charge in [-0.15, -0.1) is 0 Å². The van der Waals surface area contributed by atoms with Crippen LogP contribution in [0, 0.1) is 0 Å². The Morgan fingerprint density at radius 1 is 1.38 bits per heavy atom. The number of amides is 1. The standard InChI is InChI=1S/C10H15NO2/c1-2-10(13)11-7-3-4-8(11)6-9(12)5-7/h2,7-9,12H,1,3-6H2/t7-,8+,9+. The molecule has 0 aromatic carbocycles. The Kier molecular flexibility index (Phi) is 2.12. The fourth-order valence-electron chi connectivity index (χ4n) is 2.61. The minimum absolute atomic E-state index is 0.0272. The van der Waals surface area contributed by atoms with Crippen LogP contribution < -0.4 is 0 Å². The molecule has 72 valence electrons. The summed E-state index contributed by atoms with van der Waals surface area (Å²) in [5.74, 6) is 0.0272. The van der Waals surface area contributed by atoms with E-state index < -0.39 is 0 Å². The maximum absolute atomic E-state index is 11.5. The van der Waals surface area contributed by atoms with Crippen molar-refractivity contribution in [2.24, 2.45) is 0 Å². The van der Waals surface area contributed by atoms with Gasteiger partial charge in [0, 0.05) is 12.1 Å². The van der Waals surface area contributed by atoms with E-state index in [9.17, 15) is 9.90 Å². The highest BCUT2D eigenvalue weighted by Gasteiger charge is 2.41. The summed E-state index contributed by atoms with van der Waals surface area (Å²) in [7, 11) is 0. The molecule has 13 heavy (non-hydrogen) atoms. The molecule has 3 nitrogen and oxygen atoms in total. The van der Waals surface area contributed by atoms with Gasteiger partial charge < -0.3 is 10.0 Å². The molecule has 2 fully saturated rings. The van der Waals surface area contributed by atoms with Crippen molar-refractivity contribution in [1.29, 1.82) is 0 Å². The molecule has 0 radical (unpaired) electrons. The van der Waals surface area contributed by atoms with Crippen molar-refractivity contribution < 1.29 is 9.90 Å². The van der Waals surface area contributed by atoms with Crippen LogP contribution in [0.5, 0.6) is 0 Å². The molecule has 1 N–H and O–H groups in total. The van der Waals surface area contributed by atoms with E-state index in [1.807, 2.05) is 4.90 Å². The number of hydrogen-bond acceptors (Lipinski definition) is 2. The lowest BCUT2D eigenvalue weighted by molar-refractivity contribution is -0.131. The van der Waals surface area contributed by atoms with Crippen molar-refractivity contribution in [2.45, 2.75) is 43.9 Å². The van der Waals surface area contributed by atoms with Crippen molar-refractivity contribution in [1.82, 2.24) is 4.90 Å². The zero-order chi connectivity index (χ0) is 9.42. The van der Waals surface area contributed by atoms with Gasteiger partial charge in [0.2, 0.25) is 5.91 Å². The van der Waals surface area contributed by atoms with Crippen molar-refractivity contribution in [2.75, 3.05) is 0 Å². The molecule has 0 aromatic rings. The molecule has 0 aromatic heterocycles. The predicted octanol–water partition coefficient (Wildman–Crippen LogP) is 0.687. The van der Waals surface area contributed by atoms with Crippen LogP contribution in [-0.4, -0.2) is 34.1 Å². The second-order valence-corrected chi connectivity index (χ2v) is 3.96. The first kappa shape index (κ1) is 8.75. The topological polar surface area (TPSA) is 40.5 Å². The molecule has 2 saturated heterocycles. The number of hydrogen-bond donors (Lipinski definition) is 1. The zero-order valence-electron chi connectivity index (χ0n) is 7.65. The Balaban J connectivity index is 2.14. The van der Waals surface area contributed by atoms with Gasteiger partial charge in [0.25, 0.3) is 0 Å². The molecular formula is C10H15NO2. The van der Waals surface area contributed by atoms with Crippen molar-refractivity contribution >= 4 is 5.91 Å². The maximum atomic E-state index is 11.5. The summed E-state index contributed by atoms with van der Waals surface area (Å²) in [4.78, 5) is 13.4. The molecule has 3 atom stereocenters. The maximum Gasteiger partial charge on any atom is 0.246 e. The second kappa shape index (κ2) is 3.14. The van der Waals surface area contributed by atoms with Crippen molar-refractivity contribution in [3.05, 3.63) is 12.7 Å². The number of fused-ring (bicyclic) bond motifs is 2. The van der Waals surface area contributed by atoms with E-state index in [0.717, 1.165) is 25.7 Å². The summed E-state index contributed by atoms with van der Waals surface area (Å²) in [5.41, 5.74) is 0. The summed E-state index contributed by atoms with van der Waals surface area (Å²) < 4.78 is 0. The summed E-state index contributed by atoms with van der Waals surface area (Å²) in [6.45, 7) is 3.50. The smallest absolute Gasteiger partial charge is 0.246 e. The third-order valence-corrected chi connectivity index (χ3v) is 3.14. The molecular weight excluding hydrogens is 166 g/mol. The minimum atomic E-state index is -0.202. The molecule has 0 spiro atoms. The third-order valence-electron chi connectivity index (χ3n) is 3.14. The van der Waals surface area contributed by atoms with E-state index in [2.05, 4.69) is 6.58 Å². The van der Waals surface area contributed by atoms with E-state index >= 15 is 0 Å². The van der Waals surface area contributed by atoms with Gasteiger partial charge >= 0.3 is 0 Å². The van der Waals surface area contributed by atoms with Gasteiger partial charge in [-0.25, -0.2) is 0 Å². The summed E-state index contributed by atoms with van der Waals surface area (Å²) in [5, 5.41) is 9.50. The number of rotatable bonds is 1. The van der Waals surface area contributed by atoms with E-state index in [-0.39, 0.29) is 24.1 Å². The first-order valence-corrected chi connectivity index (χ1v) is 4.85. The minimum Gasteiger partial charge on any atom is -0.393 e. The van der Waals surface area contributed by atoms with Crippen LogP contribution >= 0.6 is 0 Å². The summed E-state index contributed by atoms with van der Waals surface area (Å²) in [6, 6.07) is 0.526. The van der Waals surface area contributed by atoms with E-state index in [1.165, 1.54) is 6.08 Å². The quantitative estimate of drug-likeness (QED) is 0.604. The Labute approximate surface area is 78.0 Å². The van der Waals surface area contributed by atoms with E-state index in [0.29, 0.717) is 0 Å². The molecule has 1 amide bonds. The molecule has 2 bridgehead atoms. The normalized spacial score (nSPS) is 37.6. The number of piperidine rings is 1. The highest BCUT2D eigenvalue weighted by Crippen LogP contribution is 2.35. The SMILES string of the molecule is C=CC(=O)N1[C@@H]2CC[C@H]1C[C@@H](O)C2. The van der Waals surface area contributed by atoms with Gasteiger partial charge in [0.15, 0.2) is 0 Å². The van der Waals surface area contributed by atoms with Gasteiger partial charge in [-0.2, -0.15) is 0 Å². The molecule has 2 rings (SSSR count). The average Bonchev–Trinajstić information content (AvgIpc) is 2.37. The number of nitrogens with zero attached hydrogens (tertiary/aromatic N) is 1. The first-order valence-electron chi connectivity index (χ1n) is 4.85. The van der Waals surface area contributed by atoms with Crippen molar-refractivity contribution in [3.63, 3.8) is 0 Å². The molecule has 0 saturated carbocycles. The second-order valence-electron chi connectivity index (χ2n) is 3.96. The molecule has 2 heterocycles. The summed E-state index contributed by atoms with van der Waals surface area (Å²) >= 11 is 0. The van der Waals surface area contributed by atoms with E-state index in [4.69, 9.17) is 0 Å². The molecule has 0 unspecified atom stereocenters. The van der Waals surface area contributed by atoms with Crippen LogP contribution in [0.15, 0.2) is 12.7 Å². The number of aliphatic hydroxyl groups is 1. The zero-order valence-corrected chi connectivity index (χ0v) is 7.65. The number of carbonyl (C=O) groups excluding carboxylic acids is 1. The monoisotopic (exact) mass is 181 g/mol. The van der Waals surface area contributed by atoms with E-state index in [1.54, 1.807) is 0 Å². The third kappa shape index (κ3) is 1.37. The van der Waals surface area contributed by atoms with Crippen LogP contribution in [0.2, 0.25) is 0 Å². The Morgan fingerprint density at radius 3 is 2.38 bits per heavy atom. The van der Waals surface area contributed by atoms with Crippen LogP contribution in [0.25, 0.3) is 0 Å². The molecule has 2 aliphatic heterocycles. The number of aliphatic hydroxyl groups excluding tert-OH is 1. The predicted molar refractivity (Wildman–Crippen MR) is 49.1 cm³/mol. The fourth-order valence-corrected chi connectivity index (χ4v) is 2.61. The van der Waals surface area contributed by atoms with Gasteiger partial charge in [0.1, 0.15) is 0 Å². The molecule has 3 heteroatoms. The van der Waals surface area contributed by atoms with Gasteiger partial charge in [-0.1, -0.05) is 6.58 Å². The molecule has 2 aliphatic rings. The van der Waals surface area contributed by atoms with Gasteiger partial charge in [-0.05, 0) is 31.8 Å².